The quantitative estimate of drug-likeness (QED) is 0.828. The first-order valence-corrected chi connectivity index (χ1v) is 8.19. The minimum absolute atomic E-state index is 0.0192. The van der Waals surface area contributed by atoms with Gasteiger partial charge < -0.3 is 10.4 Å². The number of anilines is 1. The standard InChI is InChI=1S/C18H25NO3/c1-13(18(21)22)15-8-5-9-16(12-15)19-17(20)11-10-14-6-3-2-4-7-14/h5,8-9,12-14H,2-4,6-7,10-11H2,1H3,(H,19,20)(H,21,22). The van der Waals surface area contributed by atoms with E-state index in [0.717, 1.165) is 6.42 Å². The van der Waals surface area contributed by atoms with E-state index in [4.69, 9.17) is 5.11 Å². The highest BCUT2D eigenvalue weighted by molar-refractivity contribution is 5.91. The number of hydrogen-bond donors (Lipinski definition) is 2. The summed E-state index contributed by atoms with van der Waals surface area (Å²) >= 11 is 0. The monoisotopic (exact) mass is 303 g/mol. The van der Waals surface area contributed by atoms with Crippen LogP contribution in [0.25, 0.3) is 0 Å². The molecule has 4 heteroatoms. The summed E-state index contributed by atoms with van der Waals surface area (Å²) in [6.45, 7) is 1.65. The second kappa shape index (κ2) is 7.97. The van der Waals surface area contributed by atoms with E-state index < -0.39 is 11.9 Å². The van der Waals surface area contributed by atoms with Gasteiger partial charge in [0.15, 0.2) is 0 Å². The summed E-state index contributed by atoms with van der Waals surface area (Å²) in [5.41, 5.74) is 1.39. The first-order chi connectivity index (χ1) is 10.6. The number of amides is 1. The Morgan fingerprint density at radius 1 is 1.27 bits per heavy atom. The number of aliphatic carboxylic acids is 1. The van der Waals surface area contributed by atoms with Crippen molar-refractivity contribution in [2.45, 2.75) is 57.8 Å². The summed E-state index contributed by atoms with van der Waals surface area (Å²) in [5, 5.41) is 11.9. The number of carbonyl (C=O) groups excluding carboxylic acids is 1. The van der Waals surface area contributed by atoms with Crippen molar-refractivity contribution in [2.75, 3.05) is 5.32 Å². The second-order valence-corrected chi connectivity index (χ2v) is 6.28. The molecule has 0 saturated heterocycles. The molecule has 0 heterocycles. The highest BCUT2D eigenvalue weighted by Gasteiger charge is 2.16. The number of carbonyl (C=O) groups is 2. The molecule has 120 valence electrons. The van der Waals surface area contributed by atoms with E-state index in [-0.39, 0.29) is 5.91 Å². The highest BCUT2D eigenvalue weighted by atomic mass is 16.4. The molecule has 1 aromatic rings. The zero-order chi connectivity index (χ0) is 15.9. The van der Waals surface area contributed by atoms with Crippen LogP contribution in [0.2, 0.25) is 0 Å². The molecule has 1 amide bonds. The normalized spacial score (nSPS) is 17.0. The van der Waals surface area contributed by atoms with E-state index in [1.54, 1.807) is 31.2 Å². The van der Waals surface area contributed by atoms with Crippen molar-refractivity contribution in [1.82, 2.24) is 0 Å². The molecule has 22 heavy (non-hydrogen) atoms. The Balaban J connectivity index is 1.85. The van der Waals surface area contributed by atoms with Gasteiger partial charge in [0, 0.05) is 12.1 Å². The molecule has 0 aromatic heterocycles. The third-order valence-corrected chi connectivity index (χ3v) is 4.55. The lowest BCUT2D eigenvalue weighted by Crippen LogP contribution is -2.15. The molecule has 2 N–H and O–H groups in total. The predicted molar refractivity (Wildman–Crippen MR) is 86.9 cm³/mol. The predicted octanol–water partition coefficient (Wildman–Crippen LogP) is 4.17. The van der Waals surface area contributed by atoms with E-state index in [0.29, 0.717) is 23.6 Å². The van der Waals surface area contributed by atoms with Crippen LogP contribution in [-0.2, 0) is 9.59 Å². The average Bonchev–Trinajstić information content (AvgIpc) is 2.53. The van der Waals surface area contributed by atoms with E-state index >= 15 is 0 Å². The van der Waals surface area contributed by atoms with Crippen LogP contribution in [0.5, 0.6) is 0 Å². The highest BCUT2D eigenvalue weighted by Crippen LogP contribution is 2.27. The fourth-order valence-electron chi connectivity index (χ4n) is 3.06. The van der Waals surface area contributed by atoms with Crippen molar-refractivity contribution < 1.29 is 14.7 Å². The first kappa shape index (κ1) is 16.5. The van der Waals surface area contributed by atoms with Gasteiger partial charge in [-0.05, 0) is 37.0 Å². The molecule has 2 rings (SSSR count). The molecule has 1 atom stereocenters. The number of hydrogen-bond acceptors (Lipinski definition) is 2. The summed E-state index contributed by atoms with van der Waals surface area (Å²) in [4.78, 5) is 23.1. The van der Waals surface area contributed by atoms with Gasteiger partial charge in [0.1, 0.15) is 0 Å². The van der Waals surface area contributed by atoms with Crippen LogP contribution < -0.4 is 5.32 Å². The molecule has 0 radical (unpaired) electrons. The van der Waals surface area contributed by atoms with E-state index in [2.05, 4.69) is 5.32 Å². The molecular weight excluding hydrogens is 278 g/mol. The maximum Gasteiger partial charge on any atom is 0.310 e. The summed E-state index contributed by atoms with van der Waals surface area (Å²) in [6, 6.07) is 7.11. The van der Waals surface area contributed by atoms with Crippen LogP contribution in [0.3, 0.4) is 0 Å². The van der Waals surface area contributed by atoms with Crippen molar-refractivity contribution in [3.05, 3.63) is 29.8 Å². The number of rotatable bonds is 6. The van der Waals surface area contributed by atoms with Gasteiger partial charge >= 0.3 is 5.97 Å². The Kier molecular flexibility index (Phi) is 5.99. The lowest BCUT2D eigenvalue weighted by Gasteiger charge is -2.21. The van der Waals surface area contributed by atoms with Crippen molar-refractivity contribution in [2.24, 2.45) is 5.92 Å². The van der Waals surface area contributed by atoms with Crippen molar-refractivity contribution in [3.8, 4) is 0 Å². The van der Waals surface area contributed by atoms with Crippen molar-refractivity contribution >= 4 is 17.6 Å². The Hall–Kier alpha value is -1.84. The summed E-state index contributed by atoms with van der Waals surface area (Å²) in [7, 11) is 0. The molecule has 0 bridgehead atoms. The van der Waals surface area contributed by atoms with Gasteiger partial charge in [-0.15, -0.1) is 0 Å². The lowest BCUT2D eigenvalue weighted by molar-refractivity contribution is -0.138. The number of carboxylic acids is 1. The van der Waals surface area contributed by atoms with E-state index in [1.165, 1.54) is 32.1 Å². The van der Waals surface area contributed by atoms with Crippen molar-refractivity contribution in [1.29, 1.82) is 0 Å². The van der Waals surface area contributed by atoms with Gasteiger partial charge in [0.05, 0.1) is 5.92 Å². The van der Waals surface area contributed by atoms with E-state index in [1.807, 2.05) is 0 Å². The number of benzene rings is 1. The van der Waals surface area contributed by atoms with Gasteiger partial charge in [-0.1, -0.05) is 44.2 Å². The second-order valence-electron chi connectivity index (χ2n) is 6.28. The molecule has 4 nitrogen and oxygen atoms in total. The van der Waals surface area contributed by atoms with Crippen molar-refractivity contribution in [3.63, 3.8) is 0 Å². The molecule has 1 saturated carbocycles. The fraction of sp³-hybridized carbons (Fsp3) is 0.556. The zero-order valence-electron chi connectivity index (χ0n) is 13.2. The Labute approximate surface area is 131 Å². The third-order valence-electron chi connectivity index (χ3n) is 4.55. The Morgan fingerprint density at radius 3 is 2.68 bits per heavy atom. The van der Waals surface area contributed by atoms with E-state index in [9.17, 15) is 9.59 Å². The summed E-state index contributed by atoms with van der Waals surface area (Å²) in [6.07, 6.45) is 7.91. The SMILES string of the molecule is CC(C(=O)O)c1cccc(NC(=O)CCC2CCCCC2)c1. The average molecular weight is 303 g/mol. The molecule has 1 aliphatic carbocycles. The van der Waals surface area contributed by atoms with Gasteiger partial charge in [0.2, 0.25) is 5.91 Å². The Bertz CT molecular complexity index is 521. The van der Waals surface area contributed by atoms with Gasteiger partial charge in [-0.25, -0.2) is 0 Å². The maximum atomic E-state index is 12.0. The molecule has 0 aliphatic heterocycles. The van der Waals surface area contributed by atoms with Gasteiger partial charge in [-0.2, -0.15) is 0 Å². The van der Waals surface area contributed by atoms with Crippen LogP contribution in [0, 0.1) is 5.92 Å². The zero-order valence-corrected chi connectivity index (χ0v) is 13.2. The third kappa shape index (κ3) is 4.86. The Morgan fingerprint density at radius 2 is 2.00 bits per heavy atom. The number of nitrogens with one attached hydrogen (secondary N) is 1. The van der Waals surface area contributed by atoms with Crippen LogP contribution in [0.4, 0.5) is 5.69 Å². The van der Waals surface area contributed by atoms with Crippen LogP contribution in [-0.4, -0.2) is 17.0 Å². The topological polar surface area (TPSA) is 66.4 Å². The smallest absolute Gasteiger partial charge is 0.310 e. The van der Waals surface area contributed by atoms with Crippen LogP contribution >= 0.6 is 0 Å². The molecule has 0 spiro atoms. The largest absolute Gasteiger partial charge is 0.481 e. The molecular formula is C18H25NO3. The van der Waals surface area contributed by atoms with Gasteiger partial charge in [-0.3, -0.25) is 9.59 Å². The maximum absolute atomic E-state index is 12.0. The molecule has 1 fully saturated rings. The lowest BCUT2D eigenvalue weighted by atomic mass is 9.86. The number of carboxylic acid groups (broad SMARTS) is 1. The first-order valence-electron chi connectivity index (χ1n) is 8.19. The van der Waals surface area contributed by atoms with Crippen LogP contribution in [0.15, 0.2) is 24.3 Å². The minimum atomic E-state index is -0.860. The molecule has 1 aromatic carbocycles. The molecule has 1 aliphatic rings. The van der Waals surface area contributed by atoms with Crippen LogP contribution in [0.1, 0.15) is 63.4 Å². The summed E-state index contributed by atoms with van der Waals surface area (Å²) < 4.78 is 0. The minimum Gasteiger partial charge on any atom is -0.481 e. The molecule has 1 unspecified atom stereocenters. The van der Waals surface area contributed by atoms with Gasteiger partial charge in [0.25, 0.3) is 0 Å². The fourth-order valence-corrected chi connectivity index (χ4v) is 3.06. The summed E-state index contributed by atoms with van der Waals surface area (Å²) in [5.74, 6) is -0.719.